The Morgan fingerprint density at radius 3 is 2.64 bits per heavy atom. The van der Waals surface area contributed by atoms with Crippen LogP contribution >= 0.6 is 0 Å². The molecule has 2 aliphatic heterocycles. The molecule has 1 aromatic rings. The number of carbonyl (C=O) groups excluding carboxylic acids is 5. The van der Waals surface area contributed by atoms with Crippen LogP contribution in [0.2, 0.25) is 0 Å². The molecule has 4 N–H and O–H groups in total. The van der Waals surface area contributed by atoms with Gasteiger partial charge in [-0.2, -0.15) is 0 Å². The van der Waals surface area contributed by atoms with Crippen molar-refractivity contribution in [3.05, 3.63) is 29.3 Å². The number of fused-ring (bicyclic) bond motifs is 1. The number of anilines is 1. The summed E-state index contributed by atoms with van der Waals surface area (Å²) < 4.78 is 0. The number of unbranched alkanes of at least 4 members (excludes halogenated alkanes) is 2. The highest BCUT2D eigenvalue weighted by atomic mass is 16.2. The topological polar surface area (TPSA) is 139 Å². The predicted molar refractivity (Wildman–Crippen MR) is 99.3 cm³/mol. The lowest BCUT2D eigenvalue weighted by Gasteiger charge is -2.27. The zero-order valence-electron chi connectivity index (χ0n) is 15.3. The Labute approximate surface area is 161 Å². The molecule has 0 aliphatic carbocycles. The molecule has 1 unspecified atom stereocenters. The second kappa shape index (κ2) is 8.30. The zero-order valence-corrected chi connectivity index (χ0v) is 15.3. The zero-order chi connectivity index (χ0) is 20.3. The first kappa shape index (κ1) is 19.7. The molecule has 0 radical (unpaired) electrons. The molecule has 9 nitrogen and oxygen atoms in total. The van der Waals surface area contributed by atoms with Crippen LogP contribution in [0, 0.1) is 0 Å². The van der Waals surface area contributed by atoms with E-state index < -0.39 is 29.7 Å². The second-order valence-electron chi connectivity index (χ2n) is 6.82. The Morgan fingerprint density at radius 1 is 1.14 bits per heavy atom. The summed E-state index contributed by atoms with van der Waals surface area (Å²) in [7, 11) is 0. The molecule has 9 heteroatoms. The predicted octanol–water partition coefficient (Wildman–Crippen LogP) is 0.545. The first-order valence-corrected chi connectivity index (χ1v) is 9.28. The molecule has 1 saturated heterocycles. The second-order valence-corrected chi connectivity index (χ2v) is 6.82. The maximum atomic E-state index is 12.9. The van der Waals surface area contributed by atoms with Crippen LogP contribution < -0.4 is 16.4 Å². The SMILES string of the molecule is NCCCCCC(=O)Nc1cccc2c1C(=O)N(C1CCC(=O)NC1=O)C2=O. The Bertz CT molecular complexity index is 851. The average molecular weight is 386 g/mol. The summed E-state index contributed by atoms with van der Waals surface area (Å²) in [5, 5.41) is 4.84. The van der Waals surface area contributed by atoms with Gasteiger partial charge < -0.3 is 11.1 Å². The molecule has 2 heterocycles. The summed E-state index contributed by atoms with van der Waals surface area (Å²) in [6.07, 6.45) is 2.75. The van der Waals surface area contributed by atoms with Gasteiger partial charge in [0.15, 0.2) is 0 Å². The highest BCUT2D eigenvalue weighted by Crippen LogP contribution is 2.32. The average Bonchev–Trinajstić information content (AvgIpc) is 2.91. The van der Waals surface area contributed by atoms with Crippen LogP contribution in [-0.2, 0) is 14.4 Å². The van der Waals surface area contributed by atoms with Crippen LogP contribution in [0.5, 0.6) is 0 Å². The van der Waals surface area contributed by atoms with Crippen molar-refractivity contribution in [2.24, 2.45) is 5.73 Å². The lowest BCUT2D eigenvalue weighted by Crippen LogP contribution is -2.54. The van der Waals surface area contributed by atoms with Crippen molar-refractivity contribution in [2.75, 3.05) is 11.9 Å². The monoisotopic (exact) mass is 386 g/mol. The Morgan fingerprint density at radius 2 is 1.93 bits per heavy atom. The number of hydrogen-bond acceptors (Lipinski definition) is 6. The van der Waals surface area contributed by atoms with E-state index in [0.717, 1.165) is 17.7 Å². The van der Waals surface area contributed by atoms with E-state index in [1.165, 1.54) is 6.07 Å². The Kier molecular flexibility index (Phi) is 5.84. The number of nitrogens with zero attached hydrogens (tertiary/aromatic N) is 1. The molecule has 5 amide bonds. The van der Waals surface area contributed by atoms with E-state index in [1.54, 1.807) is 12.1 Å². The van der Waals surface area contributed by atoms with E-state index in [2.05, 4.69) is 10.6 Å². The summed E-state index contributed by atoms with van der Waals surface area (Å²) in [5.41, 5.74) is 5.89. The molecular weight excluding hydrogens is 364 g/mol. The van der Waals surface area contributed by atoms with E-state index in [4.69, 9.17) is 5.73 Å². The van der Waals surface area contributed by atoms with Gasteiger partial charge in [0, 0.05) is 12.8 Å². The first-order chi connectivity index (χ1) is 13.4. The molecule has 28 heavy (non-hydrogen) atoms. The first-order valence-electron chi connectivity index (χ1n) is 9.28. The smallest absolute Gasteiger partial charge is 0.264 e. The number of carbonyl (C=O) groups is 5. The van der Waals surface area contributed by atoms with Crippen molar-refractivity contribution in [1.29, 1.82) is 0 Å². The number of hydrogen-bond donors (Lipinski definition) is 3. The van der Waals surface area contributed by atoms with Crippen LogP contribution in [0.4, 0.5) is 5.69 Å². The maximum Gasteiger partial charge on any atom is 0.264 e. The van der Waals surface area contributed by atoms with Crippen LogP contribution in [0.3, 0.4) is 0 Å². The number of imide groups is 2. The van der Waals surface area contributed by atoms with Crippen molar-refractivity contribution in [2.45, 2.75) is 44.6 Å². The van der Waals surface area contributed by atoms with Crippen molar-refractivity contribution in [3.8, 4) is 0 Å². The molecule has 2 aliphatic rings. The molecule has 0 saturated carbocycles. The van der Waals surface area contributed by atoms with Gasteiger partial charge in [0.2, 0.25) is 17.7 Å². The van der Waals surface area contributed by atoms with E-state index in [1.807, 2.05) is 0 Å². The lowest BCUT2D eigenvalue weighted by molar-refractivity contribution is -0.136. The van der Waals surface area contributed by atoms with Gasteiger partial charge in [-0.3, -0.25) is 34.2 Å². The van der Waals surface area contributed by atoms with Gasteiger partial charge >= 0.3 is 0 Å². The molecule has 1 atom stereocenters. The van der Waals surface area contributed by atoms with Crippen molar-refractivity contribution in [3.63, 3.8) is 0 Å². The van der Waals surface area contributed by atoms with Gasteiger partial charge in [-0.1, -0.05) is 12.5 Å². The molecule has 0 bridgehead atoms. The van der Waals surface area contributed by atoms with Crippen LogP contribution in [0.1, 0.15) is 59.2 Å². The number of nitrogens with two attached hydrogens (primary N) is 1. The minimum atomic E-state index is -1.04. The molecule has 3 rings (SSSR count). The number of rotatable bonds is 7. The van der Waals surface area contributed by atoms with Gasteiger partial charge in [0.1, 0.15) is 6.04 Å². The fourth-order valence-electron chi connectivity index (χ4n) is 3.44. The van der Waals surface area contributed by atoms with Gasteiger partial charge in [0.25, 0.3) is 11.8 Å². The number of piperidine rings is 1. The minimum absolute atomic E-state index is 0.0518. The van der Waals surface area contributed by atoms with Gasteiger partial charge in [-0.25, -0.2) is 0 Å². The third kappa shape index (κ3) is 3.79. The minimum Gasteiger partial charge on any atom is -0.330 e. The quantitative estimate of drug-likeness (QED) is 0.462. The van der Waals surface area contributed by atoms with Gasteiger partial charge in [-0.05, 0) is 37.9 Å². The maximum absolute atomic E-state index is 12.9. The molecule has 0 spiro atoms. The largest absolute Gasteiger partial charge is 0.330 e. The number of benzene rings is 1. The van der Waals surface area contributed by atoms with Gasteiger partial charge in [-0.15, -0.1) is 0 Å². The third-order valence-electron chi connectivity index (χ3n) is 4.85. The highest BCUT2D eigenvalue weighted by molar-refractivity contribution is 6.26. The van der Waals surface area contributed by atoms with E-state index >= 15 is 0 Å². The molecular formula is C19H22N4O5. The summed E-state index contributed by atoms with van der Waals surface area (Å²) in [5.74, 6) is -2.61. The van der Waals surface area contributed by atoms with Crippen LogP contribution in [0.15, 0.2) is 18.2 Å². The summed E-state index contributed by atoms with van der Waals surface area (Å²) in [6, 6.07) is 3.57. The molecule has 148 valence electrons. The van der Waals surface area contributed by atoms with E-state index in [0.29, 0.717) is 13.0 Å². The van der Waals surface area contributed by atoms with E-state index in [-0.39, 0.29) is 42.0 Å². The van der Waals surface area contributed by atoms with E-state index in [9.17, 15) is 24.0 Å². The van der Waals surface area contributed by atoms with Crippen molar-refractivity contribution >= 4 is 35.2 Å². The lowest BCUT2D eigenvalue weighted by atomic mass is 10.0. The normalized spacial score (nSPS) is 18.9. The summed E-state index contributed by atoms with van der Waals surface area (Å²) in [4.78, 5) is 62.2. The molecule has 1 fully saturated rings. The number of amides is 5. The standard InChI is InChI=1S/C19H22N4O5/c20-10-3-1-2-7-14(24)21-12-6-4-5-11-16(12)19(28)23(18(11)27)13-8-9-15(25)22-17(13)26/h4-6,13H,1-3,7-10,20H2,(H,21,24)(H,22,25,26). The van der Waals surface area contributed by atoms with Crippen molar-refractivity contribution in [1.82, 2.24) is 10.2 Å². The fraction of sp³-hybridized carbons (Fsp3) is 0.421. The Hall–Kier alpha value is -3.07. The van der Waals surface area contributed by atoms with Gasteiger partial charge in [0.05, 0.1) is 16.8 Å². The summed E-state index contributed by atoms with van der Waals surface area (Å²) >= 11 is 0. The van der Waals surface area contributed by atoms with Crippen molar-refractivity contribution < 1.29 is 24.0 Å². The number of nitrogens with one attached hydrogen (secondary N) is 2. The van der Waals surface area contributed by atoms with Crippen LogP contribution in [0.25, 0.3) is 0 Å². The third-order valence-corrected chi connectivity index (χ3v) is 4.85. The highest BCUT2D eigenvalue weighted by Gasteiger charge is 2.45. The summed E-state index contributed by atoms with van der Waals surface area (Å²) in [6.45, 7) is 0.570. The Balaban J connectivity index is 1.77. The fourth-order valence-corrected chi connectivity index (χ4v) is 3.44. The molecule has 1 aromatic carbocycles. The van der Waals surface area contributed by atoms with Crippen LogP contribution in [-0.4, -0.2) is 47.0 Å². The molecule has 0 aromatic heterocycles.